The number of para-hydroxylation sites is 1. The predicted molar refractivity (Wildman–Crippen MR) is 78.2 cm³/mol. The molecule has 1 heterocycles. The maximum atomic E-state index is 11.7. The molecule has 0 bridgehead atoms. The van der Waals surface area contributed by atoms with Crippen LogP contribution in [0.2, 0.25) is 0 Å². The highest BCUT2D eigenvalue weighted by Gasteiger charge is 2.46. The van der Waals surface area contributed by atoms with Gasteiger partial charge in [0.05, 0.1) is 4.92 Å². The second-order valence-electron chi connectivity index (χ2n) is 5.77. The first-order valence-corrected chi connectivity index (χ1v) is 8.40. The van der Waals surface area contributed by atoms with Gasteiger partial charge in [-0.15, -0.1) is 0 Å². The van der Waals surface area contributed by atoms with Crippen molar-refractivity contribution in [3.05, 3.63) is 28.3 Å². The number of nitro groups is 1. The van der Waals surface area contributed by atoms with Crippen molar-refractivity contribution in [1.29, 1.82) is 0 Å². The van der Waals surface area contributed by atoms with Gasteiger partial charge in [-0.3, -0.25) is 10.1 Å². The smallest absolute Gasteiger partial charge is 0.311 e. The van der Waals surface area contributed by atoms with Gasteiger partial charge in [0, 0.05) is 19.3 Å². The summed E-state index contributed by atoms with van der Waals surface area (Å²) in [5.74, 6) is 0.0193. The van der Waals surface area contributed by atoms with Gasteiger partial charge in [0.25, 0.3) is 0 Å². The van der Waals surface area contributed by atoms with Gasteiger partial charge >= 0.3 is 5.69 Å². The molecular weight excluding hydrogens is 296 g/mol. The number of aliphatic hydroxyl groups is 1. The summed E-state index contributed by atoms with van der Waals surface area (Å²) < 4.78 is 23.4. The zero-order valence-corrected chi connectivity index (χ0v) is 12.9. The highest BCUT2D eigenvalue weighted by Crippen LogP contribution is 2.40. The van der Waals surface area contributed by atoms with E-state index in [1.807, 2.05) is 13.8 Å². The number of benzene rings is 1. The summed E-state index contributed by atoms with van der Waals surface area (Å²) in [4.78, 5) is 11.9. The summed E-state index contributed by atoms with van der Waals surface area (Å²) in [7, 11) is -3.69. The van der Waals surface area contributed by atoms with Gasteiger partial charge in [-0.05, 0) is 18.1 Å². The van der Waals surface area contributed by atoms with Crippen LogP contribution in [0.5, 0.6) is 0 Å². The number of nitro benzene ring substituents is 1. The molecule has 1 aromatic carbocycles. The van der Waals surface area contributed by atoms with Gasteiger partial charge in [-0.1, -0.05) is 19.9 Å². The quantitative estimate of drug-likeness (QED) is 0.662. The topological polar surface area (TPSA) is 101 Å². The first-order chi connectivity index (χ1) is 9.56. The average Bonchev–Trinajstić information content (AvgIpc) is 2.32. The van der Waals surface area contributed by atoms with E-state index in [0.717, 1.165) is 6.26 Å². The molecule has 0 unspecified atom stereocenters. The normalized spacial score (nSPS) is 17.7. The average molecular weight is 314 g/mol. The maximum absolute atomic E-state index is 11.7. The molecule has 0 saturated carbocycles. The summed E-state index contributed by atoms with van der Waals surface area (Å²) in [5, 5.41) is 21.5. The number of β-amino-alcohol motifs (C(OH)–C–C–N with tert-alkyl or cyclic N) is 1. The molecule has 1 aliphatic rings. The molecule has 1 N–H and O–H groups in total. The monoisotopic (exact) mass is 314 g/mol. The molecule has 0 radical (unpaired) electrons. The molecule has 116 valence electrons. The molecule has 2 rings (SSSR count). The van der Waals surface area contributed by atoms with Crippen molar-refractivity contribution in [3.63, 3.8) is 0 Å². The lowest BCUT2D eigenvalue weighted by Gasteiger charge is -2.50. The van der Waals surface area contributed by atoms with Gasteiger partial charge < -0.3 is 10.0 Å². The third-order valence-electron chi connectivity index (χ3n) is 3.90. The van der Waals surface area contributed by atoms with Gasteiger partial charge in [0.15, 0.2) is 9.84 Å². The molecule has 8 heteroatoms. The van der Waals surface area contributed by atoms with Crippen molar-refractivity contribution < 1.29 is 18.4 Å². The Kier molecular flexibility index (Phi) is 3.71. The van der Waals surface area contributed by atoms with E-state index in [2.05, 4.69) is 0 Å². The van der Waals surface area contributed by atoms with E-state index in [4.69, 9.17) is 0 Å². The third-order valence-corrected chi connectivity index (χ3v) is 5.03. The number of hydrogen-bond donors (Lipinski definition) is 1. The molecule has 21 heavy (non-hydrogen) atoms. The number of hydrogen-bond acceptors (Lipinski definition) is 6. The summed E-state index contributed by atoms with van der Waals surface area (Å²) in [6, 6.07) is 4.21. The molecule has 0 spiro atoms. The molecule has 0 aliphatic carbocycles. The molecule has 1 fully saturated rings. The van der Waals surface area contributed by atoms with E-state index >= 15 is 0 Å². The molecule has 1 saturated heterocycles. The minimum absolute atomic E-state index is 0.0193. The predicted octanol–water partition coefficient (Wildman–Crippen LogP) is 1.21. The lowest BCUT2D eigenvalue weighted by Crippen LogP contribution is -2.64. The van der Waals surface area contributed by atoms with Crippen LogP contribution < -0.4 is 4.90 Å². The summed E-state index contributed by atoms with van der Waals surface area (Å²) >= 11 is 0. The van der Waals surface area contributed by atoms with Crippen molar-refractivity contribution in [3.8, 4) is 0 Å². The molecule has 0 amide bonds. The SMILES string of the molecule is CC(C)C1(O)CN(c2cccc(S(C)(=O)=O)c2[N+](=O)[O-])C1. The van der Waals surface area contributed by atoms with Crippen LogP contribution in [-0.4, -0.2) is 43.4 Å². The van der Waals surface area contributed by atoms with Crippen molar-refractivity contribution in [2.24, 2.45) is 5.92 Å². The zero-order chi connectivity index (χ0) is 16.0. The van der Waals surface area contributed by atoms with Crippen LogP contribution in [-0.2, 0) is 9.84 Å². The Bertz CT molecular complexity index is 678. The second kappa shape index (κ2) is 4.96. The summed E-state index contributed by atoms with van der Waals surface area (Å²) in [5.41, 5.74) is -1.09. The fourth-order valence-electron chi connectivity index (χ4n) is 2.40. The Balaban J connectivity index is 2.46. The Morgan fingerprint density at radius 2 is 1.95 bits per heavy atom. The fraction of sp³-hybridized carbons (Fsp3) is 0.538. The Hall–Kier alpha value is -1.67. The van der Waals surface area contributed by atoms with Crippen LogP contribution in [0.15, 0.2) is 23.1 Å². The van der Waals surface area contributed by atoms with Crippen LogP contribution in [0, 0.1) is 16.0 Å². The lowest BCUT2D eigenvalue weighted by atomic mass is 9.82. The number of nitrogens with zero attached hydrogens (tertiary/aromatic N) is 2. The van der Waals surface area contributed by atoms with Crippen LogP contribution in [0.4, 0.5) is 11.4 Å². The highest BCUT2D eigenvalue weighted by molar-refractivity contribution is 7.90. The Morgan fingerprint density at radius 1 is 1.38 bits per heavy atom. The van der Waals surface area contributed by atoms with Gasteiger partial charge in [0.1, 0.15) is 16.2 Å². The van der Waals surface area contributed by atoms with Crippen molar-refractivity contribution in [2.45, 2.75) is 24.3 Å². The number of anilines is 1. The van der Waals surface area contributed by atoms with E-state index in [1.54, 1.807) is 4.90 Å². The van der Waals surface area contributed by atoms with E-state index < -0.39 is 26.0 Å². The molecular formula is C13H18N2O5S. The molecule has 0 aromatic heterocycles. The molecule has 1 aliphatic heterocycles. The molecule has 7 nitrogen and oxygen atoms in total. The van der Waals surface area contributed by atoms with Gasteiger partial charge in [-0.2, -0.15) is 0 Å². The zero-order valence-electron chi connectivity index (χ0n) is 12.1. The number of sulfone groups is 1. The van der Waals surface area contributed by atoms with Crippen LogP contribution in [0.3, 0.4) is 0 Å². The van der Waals surface area contributed by atoms with E-state index in [1.165, 1.54) is 18.2 Å². The lowest BCUT2D eigenvalue weighted by molar-refractivity contribution is -0.387. The fourth-order valence-corrected chi connectivity index (χ4v) is 3.25. The minimum atomic E-state index is -3.69. The van der Waals surface area contributed by atoms with Crippen LogP contribution in [0.1, 0.15) is 13.8 Å². The summed E-state index contributed by atoms with van der Waals surface area (Å²) in [6.07, 6.45) is 0.944. The van der Waals surface area contributed by atoms with E-state index in [-0.39, 0.29) is 29.6 Å². The van der Waals surface area contributed by atoms with Crippen LogP contribution >= 0.6 is 0 Å². The Morgan fingerprint density at radius 3 is 2.38 bits per heavy atom. The first kappa shape index (κ1) is 15.7. The van der Waals surface area contributed by atoms with E-state index in [9.17, 15) is 23.6 Å². The second-order valence-corrected chi connectivity index (χ2v) is 7.75. The minimum Gasteiger partial charge on any atom is -0.386 e. The number of rotatable bonds is 4. The standard InChI is InChI=1S/C13H18N2O5S/c1-9(2)13(16)7-14(8-13)10-5-4-6-11(21(3,19)20)12(10)15(17)18/h4-6,9,16H,7-8H2,1-3H3. The summed E-state index contributed by atoms with van der Waals surface area (Å²) in [6.45, 7) is 4.24. The molecule has 0 atom stereocenters. The third kappa shape index (κ3) is 2.73. The van der Waals surface area contributed by atoms with Crippen LogP contribution in [0.25, 0.3) is 0 Å². The van der Waals surface area contributed by atoms with E-state index in [0.29, 0.717) is 0 Å². The van der Waals surface area contributed by atoms with Crippen molar-refractivity contribution in [1.82, 2.24) is 0 Å². The molecule has 1 aromatic rings. The highest BCUT2D eigenvalue weighted by atomic mass is 32.2. The Labute approximate surface area is 123 Å². The first-order valence-electron chi connectivity index (χ1n) is 6.51. The maximum Gasteiger partial charge on any atom is 0.311 e. The van der Waals surface area contributed by atoms with Gasteiger partial charge in [0.2, 0.25) is 0 Å². The van der Waals surface area contributed by atoms with Crippen molar-refractivity contribution in [2.75, 3.05) is 24.2 Å². The van der Waals surface area contributed by atoms with Gasteiger partial charge in [-0.25, -0.2) is 8.42 Å². The van der Waals surface area contributed by atoms with Crippen molar-refractivity contribution >= 4 is 21.2 Å². The largest absolute Gasteiger partial charge is 0.386 e.